The topological polar surface area (TPSA) is 82.5 Å². The van der Waals surface area contributed by atoms with Crippen molar-refractivity contribution in [1.29, 1.82) is 0 Å². The second-order valence-corrected chi connectivity index (χ2v) is 6.51. The number of amides is 1. The van der Waals surface area contributed by atoms with E-state index in [0.717, 1.165) is 37.3 Å². The van der Waals surface area contributed by atoms with Gasteiger partial charge in [-0.2, -0.15) is 0 Å². The number of fused-ring (bicyclic) bond motifs is 1. The lowest BCUT2D eigenvalue weighted by Crippen LogP contribution is -2.46. The Bertz CT molecular complexity index is 599. The Morgan fingerprint density at radius 2 is 2.17 bits per heavy atom. The van der Waals surface area contributed by atoms with Crippen LogP contribution in [0, 0.1) is 5.92 Å². The van der Waals surface area contributed by atoms with Crippen molar-refractivity contribution in [3.63, 3.8) is 0 Å². The van der Waals surface area contributed by atoms with E-state index < -0.39 is 5.97 Å². The highest BCUT2D eigenvalue weighted by Crippen LogP contribution is 2.39. The molecule has 1 fully saturated rings. The molecule has 2 N–H and O–H groups in total. The molecule has 0 radical (unpaired) electrons. The normalized spacial score (nSPS) is 25.8. The summed E-state index contributed by atoms with van der Waals surface area (Å²) in [6.07, 6.45) is 3.80. The van der Waals surface area contributed by atoms with Crippen molar-refractivity contribution < 1.29 is 14.7 Å². The molecule has 1 saturated heterocycles. The van der Waals surface area contributed by atoms with E-state index >= 15 is 0 Å². The van der Waals surface area contributed by atoms with Gasteiger partial charge in [0.05, 0.1) is 0 Å². The van der Waals surface area contributed by atoms with E-state index in [2.05, 4.69) is 10.3 Å². The lowest BCUT2D eigenvalue weighted by molar-refractivity contribution is -0.138. The first kappa shape index (κ1) is 15.9. The quantitative estimate of drug-likeness (QED) is 0.888. The summed E-state index contributed by atoms with van der Waals surface area (Å²) in [5.74, 6) is -0.298. The summed E-state index contributed by atoms with van der Waals surface area (Å²) in [6, 6.07) is 3.99. The molecule has 1 aromatic heterocycles. The molecule has 3 rings (SSSR count). The second kappa shape index (κ2) is 6.66. The molecule has 2 aliphatic rings. The summed E-state index contributed by atoms with van der Waals surface area (Å²) >= 11 is 0. The van der Waals surface area contributed by atoms with Crippen LogP contribution >= 0.6 is 0 Å². The summed E-state index contributed by atoms with van der Waals surface area (Å²) in [5, 5.41) is 12.5. The number of rotatable bonds is 3. The zero-order chi connectivity index (χ0) is 16.4. The van der Waals surface area contributed by atoms with Gasteiger partial charge in [-0.25, -0.2) is 4.98 Å². The number of piperidine rings is 1. The fraction of sp³-hybridized carbons (Fsp3) is 0.588. The predicted octanol–water partition coefficient (Wildman–Crippen LogP) is 1.76. The maximum Gasteiger partial charge on any atom is 0.303 e. The third-order valence-electron chi connectivity index (χ3n) is 5.06. The van der Waals surface area contributed by atoms with E-state index in [9.17, 15) is 14.7 Å². The van der Waals surface area contributed by atoms with Crippen LogP contribution in [0.2, 0.25) is 0 Å². The number of carboxylic acids is 1. The molecule has 0 bridgehead atoms. The molecular weight excluding hydrogens is 294 g/mol. The average molecular weight is 317 g/mol. The molecule has 0 spiro atoms. The number of aromatic nitrogens is 1. The van der Waals surface area contributed by atoms with Gasteiger partial charge in [0.25, 0.3) is 0 Å². The zero-order valence-corrected chi connectivity index (χ0v) is 13.4. The van der Waals surface area contributed by atoms with E-state index in [1.54, 1.807) is 6.20 Å². The third-order valence-corrected chi connectivity index (χ3v) is 5.06. The van der Waals surface area contributed by atoms with Crippen LogP contribution in [0.1, 0.15) is 44.1 Å². The predicted molar refractivity (Wildman–Crippen MR) is 86.4 cm³/mol. The molecular formula is C17H23N3O3. The molecule has 6 nitrogen and oxygen atoms in total. The Kier molecular flexibility index (Phi) is 4.61. The van der Waals surface area contributed by atoms with Crippen LogP contribution in [0.3, 0.4) is 0 Å². The Morgan fingerprint density at radius 1 is 1.43 bits per heavy atom. The summed E-state index contributed by atoms with van der Waals surface area (Å²) in [5.41, 5.74) is 0.989. The number of hydrogen-bond acceptors (Lipinski definition) is 4. The minimum Gasteiger partial charge on any atom is -0.481 e. The molecule has 0 saturated carbocycles. The van der Waals surface area contributed by atoms with Crippen LogP contribution in [-0.4, -0.2) is 41.1 Å². The van der Waals surface area contributed by atoms with Gasteiger partial charge < -0.3 is 10.4 Å². The number of hydrogen-bond donors (Lipinski definition) is 2. The molecule has 1 amide bonds. The Morgan fingerprint density at radius 3 is 2.87 bits per heavy atom. The number of carbonyl (C=O) groups excluding carboxylic acids is 1. The van der Waals surface area contributed by atoms with Gasteiger partial charge in [-0.1, -0.05) is 13.0 Å². The van der Waals surface area contributed by atoms with Gasteiger partial charge in [0.2, 0.25) is 5.91 Å². The van der Waals surface area contributed by atoms with Gasteiger partial charge in [-0.05, 0) is 49.4 Å². The van der Waals surface area contributed by atoms with Crippen molar-refractivity contribution in [2.24, 2.45) is 5.92 Å². The van der Waals surface area contributed by atoms with Crippen LogP contribution in [0.4, 0.5) is 5.82 Å². The standard InChI is InChI=1S/C17H23N3O3/c1-11-12(10-16(22)23)9-15(21)20(13-4-7-18-8-5-13)17-14(11)3-2-6-19-17/h2-3,6,11-13,18H,4-5,7-10H2,1H3,(H,22,23). The number of carbonyl (C=O) groups is 2. The average Bonchev–Trinajstić information content (AvgIpc) is 2.64. The highest BCUT2D eigenvalue weighted by molar-refractivity contribution is 5.95. The van der Waals surface area contributed by atoms with Gasteiger partial charge in [0, 0.05) is 25.1 Å². The molecule has 6 heteroatoms. The van der Waals surface area contributed by atoms with Crippen LogP contribution in [0.25, 0.3) is 0 Å². The largest absolute Gasteiger partial charge is 0.481 e. The van der Waals surface area contributed by atoms with Crippen molar-refractivity contribution in [3.8, 4) is 0 Å². The maximum atomic E-state index is 12.9. The number of anilines is 1. The van der Waals surface area contributed by atoms with Crippen molar-refractivity contribution in [2.45, 2.75) is 44.6 Å². The summed E-state index contributed by atoms with van der Waals surface area (Å²) < 4.78 is 0. The first-order chi connectivity index (χ1) is 11.1. The molecule has 23 heavy (non-hydrogen) atoms. The lowest BCUT2D eigenvalue weighted by Gasteiger charge is -2.34. The summed E-state index contributed by atoms with van der Waals surface area (Å²) in [4.78, 5) is 30.4. The van der Waals surface area contributed by atoms with Gasteiger partial charge in [0.1, 0.15) is 5.82 Å². The summed E-state index contributed by atoms with van der Waals surface area (Å²) in [6.45, 7) is 3.79. The van der Waals surface area contributed by atoms with E-state index in [4.69, 9.17) is 0 Å². The highest BCUT2D eigenvalue weighted by Gasteiger charge is 2.37. The molecule has 2 unspecified atom stereocenters. The van der Waals surface area contributed by atoms with Gasteiger partial charge in [0.15, 0.2) is 0 Å². The number of nitrogens with zero attached hydrogens (tertiary/aromatic N) is 2. The van der Waals surface area contributed by atoms with Crippen molar-refractivity contribution in [2.75, 3.05) is 18.0 Å². The molecule has 124 valence electrons. The summed E-state index contributed by atoms with van der Waals surface area (Å²) in [7, 11) is 0. The van der Waals surface area contributed by atoms with E-state index in [1.165, 1.54) is 0 Å². The van der Waals surface area contributed by atoms with Crippen molar-refractivity contribution >= 4 is 17.7 Å². The minimum atomic E-state index is -0.851. The Balaban J connectivity index is 1.99. The number of nitrogens with one attached hydrogen (secondary N) is 1. The van der Waals surface area contributed by atoms with Crippen molar-refractivity contribution in [1.82, 2.24) is 10.3 Å². The molecule has 1 aromatic rings. The lowest BCUT2D eigenvalue weighted by atomic mass is 9.84. The van der Waals surface area contributed by atoms with E-state index in [-0.39, 0.29) is 36.6 Å². The van der Waals surface area contributed by atoms with Gasteiger partial charge in [-0.15, -0.1) is 0 Å². The zero-order valence-electron chi connectivity index (χ0n) is 13.4. The first-order valence-electron chi connectivity index (χ1n) is 8.27. The Labute approximate surface area is 135 Å². The number of carboxylic acid groups (broad SMARTS) is 1. The van der Waals surface area contributed by atoms with Gasteiger partial charge in [-0.3, -0.25) is 14.5 Å². The van der Waals surface area contributed by atoms with Crippen molar-refractivity contribution in [3.05, 3.63) is 23.9 Å². The molecule has 0 aliphatic carbocycles. The first-order valence-corrected chi connectivity index (χ1v) is 8.27. The third kappa shape index (κ3) is 3.22. The number of aliphatic carboxylic acids is 1. The molecule has 3 heterocycles. The van der Waals surface area contributed by atoms with Crippen LogP contribution in [-0.2, 0) is 9.59 Å². The number of pyridine rings is 1. The van der Waals surface area contributed by atoms with Crippen LogP contribution < -0.4 is 10.2 Å². The SMILES string of the molecule is CC1c2cccnc2N(C2CCNCC2)C(=O)CC1CC(=O)O. The van der Waals surface area contributed by atoms with Crippen LogP contribution in [0.5, 0.6) is 0 Å². The Hall–Kier alpha value is -1.95. The smallest absolute Gasteiger partial charge is 0.303 e. The fourth-order valence-corrected chi connectivity index (χ4v) is 3.75. The molecule has 0 aromatic carbocycles. The second-order valence-electron chi connectivity index (χ2n) is 6.51. The molecule has 2 aliphatic heterocycles. The monoisotopic (exact) mass is 317 g/mol. The van der Waals surface area contributed by atoms with E-state index in [0.29, 0.717) is 0 Å². The highest BCUT2D eigenvalue weighted by atomic mass is 16.4. The molecule has 2 atom stereocenters. The minimum absolute atomic E-state index is 0.00506. The van der Waals surface area contributed by atoms with Crippen LogP contribution in [0.15, 0.2) is 18.3 Å². The van der Waals surface area contributed by atoms with E-state index in [1.807, 2.05) is 24.0 Å². The maximum absolute atomic E-state index is 12.9. The van der Waals surface area contributed by atoms with Gasteiger partial charge >= 0.3 is 5.97 Å². The fourth-order valence-electron chi connectivity index (χ4n) is 3.75.